The van der Waals surface area contributed by atoms with Crippen LogP contribution in [0, 0.1) is 13.8 Å². The number of ether oxygens (including phenoxy) is 2. The number of nitrogen functional groups attached to an aromatic ring is 2. The first kappa shape index (κ1) is 19.0. The van der Waals surface area contributed by atoms with Gasteiger partial charge in [0.15, 0.2) is 13.2 Å². The molecule has 0 bridgehead atoms. The third-order valence-corrected chi connectivity index (χ3v) is 3.75. The second-order valence-corrected chi connectivity index (χ2v) is 5.77. The highest BCUT2D eigenvalue weighted by atomic mass is 16.6. The van der Waals surface area contributed by atoms with Gasteiger partial charge in [0.05, 0.1) is 11.1 Å². The van der Waals surface area contributed by atoms with Crippen LogP contribution < -0.4 is 11.5 Å². The molecular weight excluding hydrogens is 336 g/mol. The van der Waals surface area contributed by atoms with E-state index in [0.717, 1.165) is 0 Å². The number of nitrogens with two attached hydrogens (primary N) is 2. The molecule has 0 spiro atoms. The first-order valence-electron chi connectivity index (χ1n) is 7.87. The highest BCUT2D eigenvalue weighted by molar-refractivity contribution is 5.99. The van der Waals surface area contributed by atoms with Crippen molar-refractivity contribution in [3.63, 3.8) is 0 Å². The summed E-state index contributed by atoms with van der Waals surface area (Å²) in [5.41, 5.74) is 13.8. The van der Waals surface area contributed by atoms with Gasteiger partial charge in [-0.05, 0) is 37.1 Å². The van der Waals surface area contributed by atoms with E-state index >= 15 is 0 Å². The summed E-state index contributed by atoms with van der Waals surface area (Å²) in [6.45, 7) is 2.37. The van der Waals surface area contributed by atoms with Gasteiger partial charge in [-0.15, -0.1) is 0 Å². The van der Waals surface area contributed by atoms with Gasteiger partial charge in [0.1, 0.15) is 0 Å². The topological polar surface area (TPSA) is 122 Å². The molecule has 0 radical (unpaired) electrons. The van der Waals surface area contributed by atoms with Crippen LogP contribution in [0.2, 0.25) is 0 Å². The highest BCUT2D eigenvalue weighted by Crippen LogP contribution is 2.18. The lowest BCUT2D eigenvalue weighted by Crippen LogP contribution is -2.22. The van der Waals surface area contributed by atoms with Gasteiger partial charge in [-0.25, -0.2) is 9.59 Å². The van der Waals surface area contributed by atoms with Gasteiger partial charge >= 0.3 is 11.9 Å². The van der Waals surface area contributed by atoms with Crippen LogP contribution in [0.4, 0.5) is 11.4 Å². The van der Waals surface area contributed by atoms with Crippen molar-refractivity contribution >= 4 is 29.1 Å². The normalized spacial score (nSPS) is 10.2. The number of hydrogen-bond donors (Lipinski definition) is 2. The molecule has 0 amide bonds. The lowest BCUT2D eigenvalue weighted by molar-refractivity contribution is -0.125. The number of carbonyl (C=O) groups is 3. The van der Waals surface area contributed by atoms with Crippen molar-refractivity contribution in [2.45, 2.75) is 13.8 Å². The molecule has 2 rings (SSSR count). The summed E-state index contributed by atoms with van der Waals surface area (Å²) in [6, 6.07) is 9.98. The van der Waals surface area contributed by atoms with Crippen LogP contribution in [-0.4, -0.2) is 30.9 Å². The molecule has 0 aliphatic rings. The van der Waals surface area contributed by atoms with E-state index in [0.29, 0.717) is 11.1 Å². The molecule has 26 heavy (non-hydrogen) atoms. The summed E-state index contributed by atoms with van der Waals surface area (Å²) >= 11 is 0. The van der Waals surface area contributed by atoms with Crippen molar-refractivity contribution in [1.82, 2.24) is 0 Å². The van der Waals surface area contributed by atoms with Crippen LogP contribution in [0.5, 0.6) is 0 Å². The fraction of sp³-hybridized carbons (Fsp3) is 0.211. The number of benzene rings is 2. The summed E-state index contributed by atoms with van der Waals surface area (Å²) < 4.78 is 9.91. The van der Waals surface area contributed by atoms with Crippen molar-refractivity contribution < 1.29 is 23.9 Å². The van der Waals surface area contributed by atoms with E-state index in [-0.39, 0.29) is 22.5 Å². The van der Waals surface area contributed by atoms with Gasteiger partial charge < -0.3 is 20.9 Å². The number of aryl methyl sites for hydroxylation is 2. The fourth-order valence-electron chi connectivity index (χ4n) is 2.42. The molecule has 7 nitrogen and oxygen atoms in total. The van der Waals surface area contributed by atoms with E-state index in [9.17, 15) is 14.4 Å². The van der Waals surface area contributed by atoms with Gasteiger partial charge in [-0.3, -0.25) is 4.79 Å². The standard InChI is InChI=1S/C19H20N2O5/c1-11-5-3-7-14(20)16(11)18(23)25-9-13(22)10-26-19(24)17-12(2)6-4-8-15(17)21/h3-8H,9-10,20-21H2,1-2H3. The molecule has 0 fully saturated rings. The van der Waals surface area contributed by atoms with Gasteiger partial charge in [0.25, 0.3) is 0 Å². The van der Waals surface area contributed by atoms with Gasteiger partial charge in [-0.2, -0.15) is 0 Å². The maximum absolute atomic E-state index is 12.1. The summed E-state index contributed by atoms with van der Waals surface area (Å²) in [7, 11) is 0. The molecule has 7 heteroatoms. The minimum absolute atomic E-state index is 0.213. The zero-order chi connectivity index (χ0) is 19.3. The Kier molecular flexibility index (Phi) is 5.95. The zero-order valence-corrected chi connectivity index (χ0v) is 14.6. The van der Waals surface area contributed by atoms with Crippen LogP contribution in [0.1, 0.15) is 31.8 Å². The predicted octanol–water partition coefficient (Wildman–Crippen LogP) is 2.05. The third kappa shape index (κ3) is 4.38. The van der Waals surface area contributed by atoms with Crippen LogP contribution in [-0.2, 0) is 14.3 Å². The van der Waals surface area contributed by atoms with Crippen LogP contribution >= 0.6 is 0 Å². The number of ketones is 1. The summed E-state index contributed by atoms with van der Waals surface area (Å²) in [4.78, 5) is 36.0. The maximum atomic E-state index is 12.1. The maximum Gasteiger partial charge on any atom is 0.340 e. The molecule has 0 aliphatic heterocycles. The lowest BCUT2D eigenvalue weighted by atomic mass is 10.1. The Hall–Kier alpha value is -3.35. The van der Waals surface area contributed by atoms with E-state index in [4.69, 9.17) is 20.9 Å². The minimum Gasteiger partial charge on any atom is -0.454 e. The molecule has 0 unspecified atom stereocenters. The van der Waals surface area contributed by atoms with E-state index in [1.54, 1.807) is 50.2 Å². The Morgan fingerprint density at radius 2 is 1.15 bits per heavy atom. The number of carbonyl (C=O) groups excluding carboxylic acids is 3. The first-order chi connectivity index (χ1) is 12.3. The molecule has 0 aromatic heterocycles. The van der Waals surface area contributed by atoms with E-state index in [1.807, 2.05) is 0 Å². The fourth-order valence-corrected chi connectivity index (χ4v) is 2.42. The molecule has 136 valence electrons. The SMILES string of the molecule is Cc1cccc(N)c1C(=O)OCC(=O)COC(=O)c1c(C)cccc1N. The lowest BCUT2D eigenvalue weighted by Gasteiger charge is -2.10. The number of anilines is 2. The molecule has 4 N–H and O–H groups in total. The van der Waals surface area contributed by atoms with E-state index in [1.165, 1.54) is 0 Å². The molecule has 2 aromatic rings. The van der Waals surface area contributed by atoms with Gasteiger partial charge in [0, 0.05) is 11.4 Å². The van der Waals surface area contributed by atoms with Crippen molar-refractivity contribution in [2.24, 2.45) is 0 Å². The molecule has 0 saturated carbocycles. The smallest absolute Gasteiger partial charge is 0.340 e. The highest BCUT2D eigenvalue weighted by Gasteiger charge is 2.18. The van der Waals surface area contributed by atoms with Crippen LogP contribution in [0.15, 0.2) is 36.4 Å². The van der Waals surface area contributed by atoms with Crippen molar-refractivity contribution in [1.29, 1.82) is 0 Å². The molecule has 0 heterocycles. The predicted molar refractivity (Wildman–Crippen MR) is 96.8 cm³/mol. The Balaban J connectivity index is 1.90. The van der Waals surface area contributed by atoms with Gasteiger partial charge in [0.2, 0.25) is 5.78 Å². The second kappa shape index (κ2) is 8.15. The summed E-state index contributed by atoms with van der Waals surface area (Å²) in [6.07, 6.45) is 0. The number of rotatable bonds is 6. The Labute approximate surface area is 150 Å². The monoisotopic (exact) mass is 356 g/mol. The Morgan fingerprint density at radius 1 is 0.769 bits per heavy atom. The number of hydrogen-bond acceptors (Lipinski definition) is 7. The quantitative estimate of drug-likeness (QED) is 0.600. The Morgan fingerprint density at radius 3 is 1.50 bits per heavy atom. The van der Waals surface area contributed by atoms with Crippen molar-refractivity contribution in [3.8, 4) is 0 Å². The molecule has 0 saturated heterocycles. The van der Waals surface area contributed by atoms with Crippen LogP contribution in [0.3, 0.4) is 0 Å². The molecule has 0 aliphatic carbocycles. The van der Waals surface area contributed by atoms with Gasteiger partial charge in [-0.1, -0.05) is 24.3 Å². The van der Waals surface area contributed by atoms with E-state index < -0.39 is 30.9 Å². The third-order valence-electron chi connectivity index (χ3n) is 3.75. The minimum atomic E-state index is -0.705. The molecule has 0 atom stereocenters. The van der Waals surface area contributed by atoms with E-state index in [2.05, 4.69) is 0 Å². The Bertz CT molecular complexity index is 751. The molecular formula is C19H20N2O5. The largest absolute Gasteiger partial charge is 0.454 e. The number of esters is 2. The average Bonchev–Trinajstić information content (AvgIpc) is 2.57. The second-order valence-electron chi connectivity index (χ2n) is 5.77. The van der Waals surface area contributed by atoms with Crippen molar-refractivity contribution in [2.75, 3.05) is 24.7 Å². The first-order valence-corrected chi connectivity index (χ1v) is 7.87. The molecule has 2 aromatic carbocycles. The van der Waals surface area contributed by atoms with Crippen LogP contribution in [0.25, 0.3) is 0 Å². The van der Waals surface area contributed by atoms with Crippen molar-refractivity contribution in [3.05, 3.63) is 58.7 Å². The summed E-state index contributed by atoms with van der Waals surface area (Å²) in [5.74, 6) is -1.97. The average molecular weight is 356 g/mol. The summed E-state index contributed by atoms with van der Waals surface area (Å²) in [5, 5.41) is 0. The zero-order valence-electron chi connectivity index (χ0n) is 14.6. The number of Topliss-reactive ketones (excluding diaryl/α,β-unsaturated/α-hetero) is 1.